The van der Waals surface area contributed by atoms with Gasteiger partial charge in [0.15, 0.2) is 0 Å². The average molecular weight is 232 g/mol. The van der Waals surface area contributed by atoms with E-state index in [1.54, 1.807) is 13.0 Å². The first-order chi connectivity index (χ1) is 7.38. The summed E-state index contributed by atoms with van der Waals surface area (Å²) in [5, 5.41) is 0. The van der Waals surface area contributed by atoms with E-state index in [0.717, 1.165) is 0 Å². The summed E-state index contributed by atoms with van der Waals surface area (Å²) < 4.78 is 43.6. The summed E-state index contributed by atoms with van der Waals surface area (Å²) >= 11 is 0. The van der Waals surface area contributed by atoms with E-state index in [1.165, 1.54) is 13.0 Å². The molecule has 0 saturated heterocycles. The quantitative estimate of drug-likeness (QED) is 0.762. The highest BCUT2D eigenvalue weighted by Crippen LogP contribution is 2.39. The van der Waals surface area contributed by atoms with Crippen LogP contribution < -0.4 is 4.74 Å². The number of ether oxygens (including phenoxy) is 1. The molecule has 0 saturated carbocycles. The van der Waals surface area contributed by atoms with Crippen molar-refractivity contribution in [1.82, 2.24) is 0 Å². The van der Waals surface area contributed by atoms with Crippen LogP contribution in [0.1, 0.15) is 30.0 Å². The molecule has 1 nitrogen and oxygen atoms in total. The van der Waals surface area contributed by atoms with E-state index in [9.17, 15) is 13.2 Å². The van der Waals surface area contributed by atoms with E-state index in [4.69, 9.17) is 4.74 Å². The van der Waals surface area contributed by atoms with Gasteiger partial charge in [-0.05, 0) is 37.5 Å². The molecule has 0 unspecified atom stereocenters. The summed E-state index contributed by atoms with van der Waals surface area (Å²) in [6.07, 6.45) is -3.68. The third-order valence-corrected chi connectivity index (χ3v) is 2.44. The van der Waals surface area contributed by atoms with Gasteiger partial charge in [0.1, 0.15) is 11.3 Å². The molecule has 0 aromatic heterocycles. The summed E-state index contributed by atoms with van der Waals surface area (Å²) in [4.78, 5) is 0. The van der Waals surface area contributed by atoms with Gasteiger partial charge >= 0.3 is 6.18 Å². The summed E-state index contributed by atoms with van der Waals surface area (Å²) in [6, 6.07) is 3.04. The van der Waals surface area contributed by atoms with Crippen molar-refractivity contribution in [3.63, 3.8) is 0 Å². The molecule has 0 aliphatic rings. The topological polar surface area (TPSA) is 9.23 Å². The Hall–Kier alpha value is -1.19. The molecule has 0 heterocycles. The van der Waals surface area contributed by atoms with Gasteiger partial charge in [0, 0.05) is 0 Å². The summed E-state index contributed by atoms with van der Waals surface area (Å²) in [6.45, 7) is 5.28. The Morgan fingerprint density at radius 1 is 1.19 bits per heavy atom. The fraction of sp³-hybridized carbons (Fsp3) is 0.500. The minimum Gasteiger partial charge on any atom is -0.493 e. The maximum absolute atomic E-state index is 12.8. The van der Waals surface area contributed by atoms with Gasteiger partial charge < -0.3 is 4.74 Å². The average Bonchev–Trinajstić information content (AvgIpc) is 2.17. The van der Waals surface area contributed by atoms with Crippen LogP contribution >= 0.6 is 0 Å². The Bertz CT molecular complexity index is 369. The molecule has 1 aromatic carbocycles. The molecule has 1 rings (SSSR count). The van der Waals surface area contributed by atoms with Gasteiger partial charge in [-0.3, -0.25) is 0 Å². The van der Waals surface area contributed by atoms with E-state index < -0.39 is 11.7 Å². The van der Waals surface area contributed by atoms with E-state index in [1.807, 2.05) is 6.92 Å². The number of alkyl halides is 3. The highest BCUT2D eigenvalue weighted by Gasteiger charge is 2.36. The zero-order valence-electron chi connectivity index (χ0n) is 9.61. The summed E-state index contributed by atoms with van der Waals surface area (Å²) in [5.74, 6) is -0.0718. The van der Waals surface area contributed by atoms with Crippen molar-refractivity contribution in [3.05, 3.63) is 28.8 Å². The minimum absolute atomic E-state index is 0.0718. The Balaban J connectivity index is 3.22. The summed E-state index contributed by atoms with van der Waals surface area (Å²) in [7, 11) is 0. The summed E-state index contributed by atoms with van der Waals surface area (Å²) in [5.41, 5.74) is 0.207. The van der Waals surface area contributed by atoms with E-state index in [2.05, 4.69) is 0 Å². The minimum atomic E-state index is -4.36. The van der Waals surface area contributed by atoms with Crippen molar-refractivity contribution in [3.8, 4) is 5.75 Å². The first kappa shape index (κ1) is 12.9. The molecular weight excluding hydrogens is 217 g/mol. The van der Waals surface area contributed by atoms with Crippen LogP contribution in [0, 0.1) is 13.8 Å². The fourth-order valence-corrected chi connectivity index (χ4v) is 1.48. The van der Waals surface area contributed by atoms with Crippen molar-refractivity contribution in [2.24, 2.45) is 0 Å². The molecule has 0 aliphatic carbocycles. The third kappa shape index (κ3) is 2.68. The number of aryl methyl sites for hydroxylation is 1. The highest BCUT2D eigenvalue weighted by molar-refractivity contribution is 5.45. The Kier molecular flexibility index (Phi) is 3.83. The molecular formula is C12H15F3O. The molecule has 4 heteroatoms. The molecule has 0 aliphatic heterocycles. The molecule has 90 valence electrons. The first-order valence-electron chi connectivity index (χ1n) is 5.18. The van der Waals surface area contributed by atoms with Gasteiger partial charge in [-0.25, -0.2) is 0 Å². The number of benzene rings is 1. The fourth-order valence-electron chi connectivity index (χ4n) is 1.48. The molecule has 0 spiro atoms. The van der Waals surface area contributed by atoms with Gasteiger partial charge in [-0.1, -0.05) is 13.0 Å². The molecule has 0 atom stereocenters. The molecule has 1 aromatic rings. The lowest BCUT2D eigenvalue weighted by atomic mass is 10.0. The largest absolute Gasteiger partial charge is 0.493 e. The molecule has 0 N–H and O–H groups in total. The second-order valence-electron chi connectivity index (χ2n) is 3.73. The van der Waals surface area contributed by atoms with Crippen LogP contribution in [0.4, 0.5) is 13.2 Å². The second-order valence-corrected chi connectivity index (χ2v) is 3.73. The molecule has 0 radical (unpaired) electrons. The van der Waals surface area contributed by atoms with Crippen molar-refractivity contribution >= 4 is 0 Å². The van der Waals surface area contributed by atoms with Gasteiger partial charge in [0.2, 0.25) is 0 Å². The van der Waals surface area contributed by atoms with E-state index in [-0.39, 0.29) is 11.3 Å². The van der Waals surface area contributed by atoms with Gasteiger partial charge in [-0.15, -0.1) is 0 Å². The van der Waals surface area contributed by atoms with Crippen LogP contribution in [0.15, 0.2) is 12.1 Å². The predicted molar refractivity (Wildman–Crippen MR) is 56.7 cm³/mol. The Labute approximate surface area is 93.2 Å². The van der Waals surface area contributed by atoms with E-state index >= 15 is 0 Å². The number of halogens is 3. The van der Waals surface area contributed by atoms with Gasteiger partial charge in [0.05, 0.1) is 6.61 Å². The highest BCUT2D eigenvalue weighted by atomic mass is 19.4. The third-order valence-electron chi connectivity index (χ3n) is 2.44. The number of rotatable bonds is 3. The monoisotopic (exact) mass is 232 g/mol. The SMILES string of the molecule is CCCOc1ccc(C)c(C)c1C(F)(F)F. The van der Waals surface area contributed by atoms with Gasteiger partial charge in [-0.2, -0.15) is 13.2 Å². The van der Waals surface area contributed by atoms with Crippen LogP contribution in [-0.4, -0.2) is 6.61 Å². The van der Waals surface area contributed by atoms with E-state index in [0.29, 0.717) is 18.6 Å². The smallest absolute Gasteiger partial charge is 0.420 e. The zero-order valence-corrected chi connectivity index (χ0v) is 9.61. The molecule has 0 amide bonds. The van der Waals surface area contributed by atoms with Crippen LogP contribution in [0.5, 0.6) is 5.75 Å². The van der Waals surface area contributed by atoms with Crippen LogP contribution in [-0.2, 0) is 6.18 Å². The second kappa shape index (κ2) is 4.76. The molecule has 0 fully saturated rings. The van der Waals surface area contributed by atoms with Gasteiger partial charge in [0.25, 0.3) is 0 Å². The van der Waals surface area contributed by atoms with Crippen molar-refractivity contribution in [2.45, 2.75) is 33.4 Å². The lowest BCUT2D eigenvalue weighted by molar-refractivity contribution is -0.139. The number of hydrogen-bond donors (Lipinski definition) is 0. The normalized spacial score (nSPS) is 11.6. The Morgan fingerprint density at radius 3 is 2.31 bits per heavy atom. The molecule has 0 bridgehead atoms. The number of hydrogen-bond acceptors (Lipinski definition) is 1. The maximum atomic E-state index is 12.8. The van der Waals surface area contributed by atoms with Crippen molar-refractivity contribution in [2.75, 3.05) is 6.61 Å². The van der Waals surface area contributed by atoms with Crippen molar-refractivity contribution in [1.29, 1.82) is 0 Å². The first-order valence-corrected chi connectivity index (χ1v) is 5.18. The zero-order chi connectivity index (χ0) is 12.3. The lowest BCUT2D eigenvalue weighted by Crippen LogP contribution is -2.12. The maximum Gasteiger partial charge on any atom is 0.420 e. The van der Waals surface area contributed by atoms with Crippen LogP contribution in [0.2, 0.25) is 0 Å². The Morgan fingerprint density at radius 2 is 1.81 bits per heavy atom. The lowest BCUT2D eigenvalue weighted by Gasteiger charge is -2.17. The van der Waals surface area contributed by atoms with Crippen LogP contribution in [0.25, 0.3) is 0 Å². The predicted octanol–water partition coefficient (Wildman–Crippen LogP) is 4.11. The standard InChI is InChI=1S/C12H15F3O/c1-4-7-16-10-6-5-8(2)9(3)11(10)12(13,14)15/h5-6H,4,7H2,1-3H3. The molecule has 16 heavy (non-hydrogen) atoms. The van der Waals surface area contributed by atoms with Crippen LogP contribution in [0.3, 0.4) is 0 Å². The van der Waals surface area contributed by atoms with Crippen molar-refractivity contribution < 1.29 is 17.9 Å².